The van der Waals surface area contributed by atoms with E-state index in [4.69, 9.17) is 0 Å². The summed E-state index contributed by atoms with van der Waals surface area (Å²) in [6, 6.07) is 7.64. The Morgan fingerprint density at radius 2 is 2.26 bits per heavy atom. The average molecular weight is 257 g/mol. The summed E-state index contributed by atoms with van der Waals surface area (Å²) < 4.78 is 13.1. The van der Waals surface area contributed by atoms with Crippen molar-refractivity contribution in [1.29, 1.82) is 0 Å². The highest BCUT2D eigenvalue weighted by atomic mass is 19.1. The van der Waals surface area contributed by atoms with Crippen molar-refractivity contribution in [2.45, 2.75) is 12.6 Å². The zero-order valence-electron chi connectivity index (χ0n) is 10.1. The molecule has 1 atom stereocenters. The second kappa shape index (κ2) is 4.78. The van der Waals surface area contributed by atoms with E-state index >= 15 is 0 Å². The molecule has 0 fully saturated rings. The van der Waals surface area contributed by atoms with Crippen molar-refractivity contribution in [1.82, 2.24) is 10.3 Å². The Morgan fingerprint density at radius 3 is 3.05 bits per heavy atom. The van der Waals surface area contributed by atoms with Gasteiger partial charge in [-0.15, -0.1) is 0 Å². The molecule has 0 spiro atoms. The minimum atomic E-state index is -0.448. The Kier molecular flexibility index (Phi) is 2.97. The molecule has 1 aliphatic heterocycles. The molecule has 3 rings (SSSR count). The summed E-state index contributed by atoms with van der Waals surface area (Å²) in [5, 5.41) is 5.82. The molecular formula is C14H12FN3O. The SMILES string of the molecule is O=C1Nc2cc(F)ccc2C1NCc1cccnc1. The molecule has 2 aromatic rings. The smallest absolute Gasteiger partial charge is 0.246 e. The lowest BCUT2D eigenvalue weighted by Crippen LogP contribution is -2.27. The van der Waals surface area contributed by atoms with Crippen molar-refractivity contribution in [3.8, 4) is 0 Å². The van der Waals surface area contributed by atoms with Crippen LogP contribution in [-0.4, -0.2) is 10.9 Å². The van der Waals surface area contributed by atoms with E-state index in [2.05, 4.69) is 15.6 Å². The first-order valence-corrected chi connectivity index (χ1v) is 5.96. The molecule has 0 aliphatic carbocycles. The first-order valence-electron chi connectivity index (χ1n) is 5.96. The highest BCUT2D eigenvalue weighted by Crippen LogP contribution is 2.31. The van der Waals surface area contributed by atoms with Crippen LogP contribution in [-0.2, 0) is 11.3 Å². The van der Waals surface area contributed by atoms with E-state index in [1.807, 2.05) is 12.1 Å². The van der Waals surface area contributed by atoms with Crippen molar-refractivity contribution in [2.24, 2.45) is 0 Å². The number of hydrogen-bond acceptors (Lipinski definition) is 3. The molecule has 0 bridgehead atoms. The normalized spacial score (nSPS) is 17.1. The third kappa shape index (κ3) is 2.32. The molecule has 5 heteroatoms. The number of hydrogen-bond donors (Lipinski definition) is 2. The van der Waals surface area contributed by atoms with E-state index in [0.29, 0.717) is 12.2 Å². The second-order valence-electron chi connectivity index (χ2n) is 4.40. The van der Waals surface area contributed by atoms with Crippen molar-refractivity contribution >= 4 is 11.6 Å². The quantitative estimate of drug-likeness (QED) is 0.884. The summed E-state index contributed by atoms with van der Waals surface area (Å²) in [6.07, 6.45) is 3.44. The van der Waals surface area contributed by atoms with Gasteiger partial charge in [-0.2, -0.15) is 0 Å². The number of carbonyl (C=O) groups is 1. The Balaban J connectivity index is 1.77. The van der Waals surface area contributed by atoms with Crippen LogP contribution in [0.25, 0.3) is 0 Å². The summed E-state index contributed by atoms with van der Waals surface area (Å²) >= 11 is 0. The van der Waals surface area contributed by atoms with Crippen LogP contribution < -0.4 is 10.6 Å². The van der Waals surface area contributed by atoms with Crippen LogP contribution >= 0.6 is 0 Å². The molecule has 0 radical (unpaired) electrons. The van der Waals surface area contributed by atoms with Gasteiger partial charge in [0.2, 0.25) is 5.91 Å². The lowest BCUT2D eigenvalue weighted by Gasteiger charge is -2.11. The molecule has 1 aliphatic rings. The van der Waals surface area contributed by atoms with Gasteiger partial charge in [0.05, 0.1) is 0 Å². The predicted octanol–water partition coefficient (Wildman–Crippen LogP) is 2.00. The number of benzene rings is 1. The van der Waals surface area contributed by atoms with Crippen molar-refractivity contribution in [2.75, 3.05) is 5.32 Å². The van der Waals surface area contributed by atoms with Gasteiger partial charge in [0, 0.05) is 30.2 Å². The van der Waals surface area contributed by atoms with Gasteiger partial charge < -0.3 is 5.32 Å². The van der Waals surface area contributed by atoms with E-state index in [1.54, 1.807) is 18.5 Å². The average Bonchev–Trinajstić information content (AvgIpc) is 2.72. The molecule has 1 aromatic heterocycles. The lowest BCUT2D eigenvalue weighted by molar-refractivity contribution is -0.117. The Morgan fingerprint density at radius 1 is 1.37 bits per heavy atom. The van der Waals surface area contributed by atoms with Crippen molar-refractivity contribution in [3.63, 3.8) is 0 Å². The van der Waals surface area contributed by atoms with Gasteiger partial charge in [-0.05, 0) is 23.8 Å². The van der Waals surface area contributed by atoms with Crippen LogP contribution in [0.3, 0.4) is 0 Å². The van der Waals surface area contributed by atoms with E-state index in [-0.39, 0.29) is 11.7 Å². The molecule has 1 unspecified atom stereocenters. The predicted molar refractivity (Wildman–Crippen MR) is 68.8 cm³/mol. The summed E-state index contributed by atoms with van der Waals surface area (Å²) in [5.74, 6) is -0.517. The minimum Gasteiger partial charge on any atom is -0.324 e. The number of halogens is 1. The number of rotatable bonds is 3. The van der Waals surface area contributed by atoms with Gasteiger partial charge >= 0.3 is 0 Å². The summed E-state index contributed by atoms with van der Waals surface area (Å²) in [6.45, 7) is 0.530. The molecule has 96 valence electrons. The monoisotopic (exact) mass is 257 g/mol. The zero-order valence-corrected chi connectivity index (χ0v) is 10.1. The number of nitrogens with zero attached hydrogens (tertiary/aromatic N) is 1. The summed E-state index contributed by atoms with van der Waals surface area (Å²) in [5.41, 5.74) is 2.30. The Bertz CT molecular complexity index is 615. The fraction of sp³-hybridized carbons (Fsp3) is 0.143. The standard InChI is InChI=1S/C14H12FN3O/c15-10-3-4-11-12(6-10)18-14(19)13(11)17-8-9-2-1-5-16-7-9/h1-7,13,17H,8H2,(H,18,19). The largest absolute Gasteiger partial charge is 0.324 e. The van der Waals surface area contributed by atoms with Crippen LogP contribution in [0.1, 0.15) is 17.2 Å². The van der Waals surface area contributed by atoms with Crippen molar-refractivity contribution in [3.05, 3.63) is 59.7 Å². The molecule has 2 N–H and O–H groups in total. The fourth-order valence-electron chi connectivity index (χ4n) is 2.16. The number of aromatic nitrogens is 1. The van der Waals surface area contributed by atoms with Gasteiger partial charge in [0.1, 0.15) is 11.9 Å². The minimum absolute atomic E-state index is 0.163. The molecule has 4 nitrogen and oxygen atoms in total. The Labute approximate surface area is 109 Å². The van der Waals surface area contributed by atoms with Crippen LogP contribution in [0.5, 0.6) is 0 Å². The number of fused-ring (bicyclic) bond motifs is 1. The van der Waals surface area contributed by atoms with E-state index in [1.165, 1.54) is 12.1 Å². The molecule has 19 heavy (non-hydrogen) atoms. The van der Waals surface area contributed by atoms with Crippen molar-refractivity contribution < 1.29 is 9.18 Å². The maximum absolute atomic E-state index is 13.1. The molecule has 0 saturated heterocycles. The number of carbonyl (C=O) groups excluding carboxylic acids is 1. The van der Waals surface area contributed by atoms with E-state index in [9.17, 15) is 9.18 Å². The topological polar surface area (TPSA) is 54.0 Å². The highest BCUT2D eigenvalue weighted by Gasteiger charge is 2.30. The highest BCUT2D eigenvalue weighted by molar-refractivity contribution is 6.02. The van der Waals surface area contributed by atoms with Gasteiger partial charge in [0.25, 0.3) is 0 Å². The van der Waals surface area contributed by atoms with Crippen LogP contribution in [0.15, 0.2) is 42.7 Å². The summed E-state index contributed by atoms with van der Waals surface area (Å²) in [4.78, 5) is 15.9. The van der Waals surface area contributed by atoms with Gasteiger partial charge in [-0.3, -0.25) is 15.1 Å². The van der Waals surface area contributed by atoms with Gasteiger partial charge in [0.15, 0.2) is 0 Å². The van der Waals surface area contributed by atoms with E-state index in [0.717, 1.165) is 11.1 Å². The molecular weight excluding hydrogens is 245 g/mol. The third-order valence-corrected chi connectivity index (χ3v) is 3.08. The van der Waals surface area contributed by atoms with Crippen LogP contribution in [0.2, 0.25) is 0 Å². The first kappa shape index (κ1) is 11.8. The van der Waals surface area contributed by atoms with E-state index < -0.39 is 6.04 Å². The maximum atomic E-state index is 13.1. The molecule has 2 heterocycles. The van der Waals surface area contributed by atoms with Gasteiger partial charge in [-0.25, -0.2) is 4.39 Å². The molecule has 0 saturated carbocycles. The zero-order chi connectivity index (χ0) is 13.2. The second-order valence-corrected chi connectivity index (χ2v) is 4.40. The van der Waals surface area contributed by atoms with Crippen LogP contribution in [0, 0.1) is 5.82 Å². The third-order valence-electron chi connectivity index (χ3n) is 3.08. The number of pyridine rings is 1. The summed E-state index contributed by atoms with van der Waals surface area (Å²) in [7, 11) is 0. The molecule has 1 aromatic carbocycles. The Hall–Kier alpha value is -2.27. The van der Waals surface area contributed by atoms with Gasteiger partial charge in [-0.1, -0.05) is 12.1 Å². The number of anilines is 1. The maximum Gasteiger partial charge on any atom is 0.246 e. The first-order chi connectivity index (χ1) is 9.24. The fourth-order valence-corrected chi connectivity index (χ4v) is 2.16. The number of nitrogens with one attached hydrogen (secondary N) is 2. The number of amides is 1. The van der Waals surface area contributed by atoms with Crippen LogP contribution in [0.4, 0.5) is 10.1 Å². The lowest BCUT2D eigenvalue weighted by atomic mass is 10.1. The molecule has 1 amide bonds.